The number of fused-ring (bicyclic) bond motifs is 1. The van der Waals surface area contributed by atoms with Crippen molar-refractivity contribution in [2.75, 3.05) is 19.0 Å². The van der Waals surface area contributed by atoms with E-state index in [9.17, 15) is 9.59 Å². The van der Waals surface area contributed by atoms with Gasteiger partial charge in [-0.05, 0) is 43.5 Å². The van der Waals surface area contributed by atoms with Crippen molar-refractivity contribution in [2.45, 2.75) is 25.7 Å². The topological polar surface area (TPSA) is 93.3 Å². The van der Waals surface area contributed by atoms with Crippen molar-refractivity contribution in [3.63, 3.8) is 0 Å². The number of carbonyl (C=O) groups excluding carboxylic acids is 1. The number of anilines is 2. The number of hydrogen-bond donors (Lipinski definition) is 2. The third-order valence-electron chi connectivity index (χ3n) is 4.23. The zero-order valence-electron chi connectivity index (χ0n) is 15.7. The first-order chi connectivity index (χ1) is 13.7. The Morgan fingerprint density at radius 1 is 1.11 bits per heavy atom. The van der Waals surface area contributed by atoms with Gasteiger partial charge in [-0.15, -0.1) is 0 Å². The van der Waals surface area contributed by atoms with Gasteiger partial charge in [0.05, 0.1) is 24.6 Å². The summed E-state index contributed by atoms with van der Waals surface area (Å²) in [5, 5.41) is 3.66. The van der Waals surface area contributed by atoms with Crippen molar-refractivity contribution < 1.29 is 14.3 Å². The molecule has 0 fully saturated rings. The Balaban J connectivity index is 1.55. The number of carbonyl (C=O) groups is 1. The Labute approximate surface area is 162 Å². The summed E-state index contributed by atoms with van der Waals surface area (Å²) >= 11 is 0. The van der Waals surface area contributed by atoms with E-state index in [0.29, 0.717) is 29.9 Å². The van der Waals surface area contributed by atoms with Crippen LogP contribution in [0.1, 0.15) is 25.7 Å². The number of benzene rings is 2. The molecule has 0 aliphatic rings. The third kappa shape index (κ3) is 5.33. The highest BCUT2D eigenvalue weighted by Crippen LogP contribution is 2.20. The Hall–Kier alpha value is -3.35. The summed E-state index contributed by atoms with van der Waals surface area (Å²) in [5.41, 5.74) is 1.21. The second kappa shape index (κ2) is 9.55. The Morgan fingerprint density at radius 3 is 2.82 bits per heavy atom. The maximum Gasteiger partial charge on any atom is 0.305 e. The van der Waals surface area contributed by atoms with Crippen LogP contribution in [0.5, 0.6) is 5.75 Å². The van der Waals surface area contributed by atoms with Crippen molar-refractivity contribution in [3.05, 3.63) is 58.9 Å². The molecule has 2 aromatic carbocycles. The number of unbranched alkanes of at least 4 members (excludes halogenated alkanes) is 2. The Bertz CT molecular complexity index is 1000. The molecule has 0 aliphatic carbocycles. The predicted molar refractivity (Wildman–Crippen MR) is 108 cm³/mol. The molecule has 0 radical (unpaired) electrons. The summed E-state index contributed by atoms with van der Waals surface area (Å²) in [4.78, 5) is 30.4. The molecule has 146 valence electrons. The van der Waals surface area contributed by atoms with Gasteiger partial charge in [0.1, 0.15) is 5.75 Å². The van der Waals surface area contributed by atoms with Gasteiger partial charge < -0.3 is 14.8 Å². The number of ether oxygens (including phenoxy) is 2. The fourth-order valence-corrected chi connectivity index (χ4v) is 2.79. The molecule has 3 aromatic rings. The number of para-hydroxylation sites is 1. The molecule has 0 saturated carbocycles. The smallest absolute Gasteiger partial charge is 0.305 e. The van der Waals surface area contributed by atoms with Gasteiger partial charge in [0.25, 0.3) is 5.56 Å². The highest BCUT2D eigenvalue weighted by molar-refractivity contribution is 5.78. The number of methoxy groups -OCH3 is 1. The van der Waals surface area contributed by atoms with E-state index in [1.165, 1.54) is 7.11 Å². The minimum Gasteiger partial charge on any atom is -0.494 e. The van der Waals surface area contributed by atoms with Gasteiger partial charge in [-0.25, -0.2) is 4.98 Å². The lowest BCUT2D eigenvalue weighted by atomic mass is 10.2. The number of aromatic nitrogens is 2. The van der Waals surface area contributed by atoms with E-state index in [2.05, 4.69) is 20.0 Å². The summed E-state index contributed by atoms with van der Waals surface area (Å²) in [5.74, 6) is 0.921. The van der Waals surface area contributed by atoms with Crippen LogP contribution in [0, 0.1) is 0 Å². The molecule has 7 heteroatoms. The fraction of sp³-hybridized carbons (Fsp3) is 0.286. The highest BCUT2D eigenvalue weighted by Gasteiger charge is 2.05. The summed E-state index contributed by atoms with van der Waals surface area (Å²) < 4.78 is 10.4. The molecule has 0 atom stereocenters. The Kier molecular flexibility index (Phi) is 6.62. The molecule has 3 rings (SSSR count). The molecule has 0 spiro atoms. The minimum absolute atomic E-state index is 0.181. The van der Waals surface area contributed by atoms with E-state index in [-0.39, 0.29) is 11.5 Å². The number of nitrogens with zero attached hydrogens (tertiary/aromatic N) is 1. The van der Waals surface area contributed by atoms with Crippen molar-refractivity contribution in [2.24, 2.45) is 0 Å². The number of H-pyrrole nitrogens is 1. The van der Waals surface area contributed by atoms with Gasteiger partial charge in [0.2, 0.25) is 5.95 Å². The predicted octanol–water partition coefficient (Wildman–Crippen LogP) is 3.78. The average Bonchev–Trinajstić information content (AvgIpc) is 2.70. The van der Waals surface area contributed by atoms with Gasteiger partial charge in [-0.2, -0.15) is 0 Å². The molecular formula is C21H23N3O4. The molecular weight excluding hydrogens is 358 g/mol. The van der Waals surface area contributed by atoms with Gasteiger partial charge in [0, 0.05) is 18.2 Å². The summed E-state index contributed by atoms with van der Waals surface area (Å²) in [6.45, 7) is 0.565. The van der Waals surface area contributed by atoms with Crippen molar-refractivity contribution in [1.29, 1.82) is 0 Å². The van der Waals surface area contributed by atoms with Crippen LogP contribution in [-0.2, 0) is 9.53 Å². The molecule has 0 bridgehead atoms. The maximum absolute atomic E-state index is 12.2. The lowest BCUT2D eigenvalue weighted by Crippen LogP contribution is -2.11. The quantitative estimate of drug-likeness (QED) is 0.433. The molecule has 28 heavy (non-hydrogen) atoms. The number of esters is 1. The molecule has 0 saturated heterocycles. The molecule has 1 heterocycles. The van der Waals surface area contributed by atoms with Crippen LogP contribution < -0.4 is 15.6 Å². The van der Waals surface area contributed by atoms with Crippen LogP contribution in [0.3, 0.4) is 0 Å². The third-order valence-corrected chi connectivity index (χ3v) is 4.23. The first kappa shape index (κ1) is 19.4. The SMILES string of the molecule is COC(=O)CCCCCOc1cccc(Nc2nc3ccccc3c(=O)[nH]2)c1. The zero-order chi connectivity index (χ0) is 19.8. The minimum atomic E-state index is -0.188. The first-order valence-electron chi connectivity index (χ1n) is 9.21. The molecule has 7 nitrogen and oxygen atoms in total. The molecule has 1 aromatic heterocycles. The van der Waals surface area contributed by atoms with Gasteiger partial charge in [-0.3, -0.25) is 14.6 Å². The summed E-state index contributed by atoms with van der Waals surface area (Å²) in [7, 11) is 1.40. The molecule has 0 amide bonds. The number of nitrogens with one attached hydrogen (secondary N) is 2. The van der Waals surface area contributed by atoms with Crippen LogP contribution >= 0.6 is 0 Å². The lowest BCUT2D eigenvalue weighted by Gasteiger charge is -2.10. The molecule has 0 aliphatic heterocycles. The van der Waals surface area contributed by atoms with Gasteiger partial charge >= 0.3 is 5.97 Å². The standard InChI is InChI=1S/C21H23N3O4/c1-27-19(25)12-3-2-6-13-28-16-9-7-8-15(14-16)22-21-23-18-11-5-4-10-17(18)20(26)24-21/h4-5,7-11,14H,2-3,6,12-13H2,1H3,(H2,22,23,24,26). The summed E-state index contributed by atoms with van der Waals surface area (Å²) in [6, 6.07) is 14.7. The van der Waals surface area contributed by atoms with E-state index in [4.69, 9.17) is 4.74 Å². The molecule has 0 unspecified atom stereocenters. The number of aromatic amines is 1. The second-order valence-corrected chi connectivity index (χ2v) is 6.32. The van der Waals surface area contributed by atoms with Gasteiger partial charge in [-0.1, -0.05) is 18.2 Å². The first-order valence-corrected chi connectivity index (χ1v) is 9.21. The van der Waals surface area contributed by atoms with E-state index >= 15 is 0 Å². The molecule has 2 N–H and O–H groups in total. The lowest BCUT2D eigenvalue weighted by molar-refractivity contribution is -0.140. The second-order valence-electron chi connectivity index (χ2n) is 6.32. The van der Waals surface area contributed by atoms with E-state index < -0.39 is 0 Å². The van der Waals surface area contributed by atoms with E-state index in [0.717, 1.165) is 30.7 Å². The zero-order valence-corrected chi connectivity index (χ0v) is 15.7. The van der Waals surface area contributed by atoms with Crippen LogP contribution in [0.4, 0.5) is 11.6 Å². The number of hydrogen-bond acceptors (Lipinski definition) is 6. The van der Waals surface area contributed by atoms with Crippen LogP contribution in [0.15, 0.2) is 53.3 Å². The van der Waals surface area contributed by atoms with Gasteiger partial charge in [0.15, 0.2) is 0 Å². The largest absolute Gasteiger partial charge is 0.494 e. The van der Waals surface area contributed by atoms with Crippen LogP contribution in [0.25, 0.3) is 10.9 Å². The highest BCUT2D eigenvalue weighted by atomic mass is 16.5. The van der Waals surface area contributed by atoms with Crippen molar-refractivity contribution in [1.82, 2.24) is 9.97 Å². The van der Waals surface area contributed by atoms with Crippen molar-refractivity contribution >= 4 is 28.5 Å². The summed E-state index contributed by atoms with van der Waals surface area (Å²) in [6.07, 6.45) is 2.98. The Morgan fingerprint density at radius 2 is 1.96 bits per heavy atom. The van der Waals surface area contributed by atoms with Crippen LogP contribution in [0.2, 0.25) is 0 Å². The van der Waals surface area contributed by atoms with E-state index in [1.807, 2.05) is 36.4 Å². The normalized spacial score (nSPS) is 10.6. The average molecular weight is 381 g/mol. The number of rotatable bonds is 9. The van der Waals surface area contributed by atoms with Crippen molar-refractivity contribution in [3.8, 4) is 5.75 Å². The maximum atomic E-state index is 12.2. The fourth-order valence-electron chi connectivity index (χ4n) is 2.79. The van der Waals surface area contributed by atoms with Crippen LogP contribution in [-0.4, -0.2) is 29.7 Å². The monoisotopic (exact) mass is 381 g/mol. The van der Waals surface area contributed by atoms with E-state index in [1.54, 1.807) is 12.1 Å².